The fraction of sp³-hybridized carbons (Fsp3) is 0.207. The van der Waals surface area contributed by atoms with Crippen molar-refractivity contribution < 1.29 is 14.3 Å². The number of ether oxygens (including phenoxy) is 1. The third-order valence-electron chi connectivity index (χ3n) is 6.54. The number of rotatable bonds is 9. The van der Waals surface area contributed by atoms with Crippen LogP contribution in [0.1, 0.15) is 39.8 Å². The van der Waals surface area contributed by atoms with E-state index < -0.39 is 0 Å². The van der Waals surface area contributed by atoms with Crippen molar-refractivity contribution in [3.8, 4) is 5.75 Å². The lowest BCUT2D eigenvalue weighted by atomic mass is 9.98. The number of aromatic nitrogens is 3. The summed E-state index contributed by atoms with van der Waals surface area (Å²) in [5.74, 6) is 1.15. The Labute approximate surface area is 244 Å². The lowest BCUT2D eigenvalue weighted by Gasteiger charge is -2.22. The molecule has 0 bridgehead atoms. The summed E-state index contributed by atoms with van der Waals surface area (Å²) >= 11 is 4.76. The van der Waals surface area contributed by atoms with Crippen molar-refractivity contribution in [1.82, 2.24) is 25.1 Å². The molecule has 0 radical (unpaired) electrons. The van der Waals surface area contributed by atoms with E-state index in [-0.39, 0.29) is 30.2 Å². The van der Waals surface area contributed by atoms with Crippen LogP contribution in [0.5, 0.6) is 5.75 Å². The van der Waals surface area contributed by atoms with Gasteiger partial charge in [0.05, 0.1) is 31.2 Å². The zero-order chi connectivity index (χ0) is 28.1. The van der Waals surface area contributed by atoms with Crippen molar-refractivity contribution in [2.45, 2.75) is 24.2 Å². The molecule has 0 saturated heterocycles. The molecular formula is C29H27BrN6O3S. The van der Waals surface area contributed by atoms with E-state index in [0.29, 0.717) is 23.0 Å². The summed E-state index contributed by atoms with van der Waals surface area (Å²) < 4.78 is 8.07. The predicted octanol–water partition coefficient (Wildman–Crippen LogP) is 4.99. The molecule has 1 aliphatic heterocycles. The molecule has 204 valence electrons. The monoisotopic (exact) mass is 618 g/mol. The van der Waals surface area contributed by atoms with E-state index >= 15 is 0 Å². The Balaban J connectivity index is 1.28. The van der Waals surface area contributed by atoms with Crippen LogP contribution in [0.25, 0.3) is 0 Å². The highest BCUT2D eigenvalue weighted by molar-refractivity contribution is 9.10. The van der Waals surface area contributed by atoms with Gasteiger partial charge in [0.25, 0.3) is 11.8 Å². The number of methoxy groups -OCH3 is 1. The Kier molecular flexibility index (Phi) is 8.61. The Hall–Kier alpha value is -3.96. The first kappa shape index (κ1) is 27.6. The van der Waals surface area contributed by atoms with Crippen LogP contribution >= 0.6 is 27.7 Å². The van der Waals surface area contributed by atoms with E-state index in [1.165, 1.54) is 11.8 Å². The SMILES string of the molecule is COc1ccc(C2CC(c3ccc(Br)cc3)=NN2C(=O)CSc2nnc(CNC(=O)c3ccccc3)n2C)cc1. The van der Waals surface area contributed by atoms with Gasteiger partial charge >= 0.3 is 0 Å². The maximum absolute atomic E-state index is 13.5. The van der Waals surface area contributed by atoms with E-state index in [9.17, 15) is 9.59 Å². The van der Waals surface area contributed by atoms with Crippen molar-refractivity contribution in [2.24, 2.45) is 12.1 Å². The molecule has 3 aromatic carbocycles. The summed E-state index contributed by atoms with van der Waals surface area (Å²) in [5, 5.41) is 18.2. The number of halogens is 1. The summed E-state index contributed by atoms with van der Waals surface area (Å²) in [6.45, 7) is 0.220. The molecule has 1 atom stereocenters. The molecule has 1 unspecified atom stereocenters. The summed E-state index contributed by atoms with van der Waals surface area (Å²) in [4.78, 5) is 25.9. The second-order valence-electron chi connectivity index (χ2n) is 9.08. The number of hydrazone groups is 1. The van der Waals surface area contributed by atoms with Crippen molar-refractivity contribution in [2.75, 3.05) is 12.9 Å². The maximum Gasteiger partial charge on any atom is 0.253 e. The average molecular weight is 620 g/mol. The highest BCUT2D eigenvalue weighted by Crippen LogP contribution is 2.34. The number of hydrogen-bond acceptors (Lipinski definition) is 7. The van der Waals surface area contributed by atoms with Crippen LogP contribution in [0.3, 0.4) is 0 Å². The molecular weight excluding hydrogens is 592 g/mol. The van der Waals surface area contributed by atoms with Gasteiger partial charge in [0, 0.05) is 23.5 Å². The quantitative estimate of drug-likeness (QED) is 0.265. The molecule has 0 spiro atoms. The summed E-state index contributed by atoms with van der Waals surface area (Å²) in [6, 6.07) is 24.4. The van der Waals surface area contributed by atoms with Crippen molar-refractivity contribution in [1.29, 1.82) is 0 Å². The maximum atomic E-state index is 13.5. The van der Waals surface area contributed by atoms with Gasteiger partial charge in [-0.1, -0.05) is 70.2 Å². The molecule has 5 rings (SSSR count). The van der Waals surface area contributed by atoms with Gasteiger partial charge in [0.2, 0.25) is 0 Å². The van der Waals surface area contributed by atoms with E-state index in [4.69, 9.17) is 9.84 Å². The molecule has 2 heterocycles. The molecule has 1 N–H and O–H groups in total. The minimum atomic E-state index is -0.235. The van der Waals surface area contributed by atoms with E-state index in [1.54, 1.807) is 28.8 Å². The van der Waals surface area contributed by atoms with Crippen molar-refractivity contribution >= 4 is 45.2 Å². The number of nitrogens with zero attached hydrogens (tertiary/aromatic N) is 5. The molecule has 11 heteroatoms. The summed E-state index contributed by atoms with van der Waals surface area (Å²) in [7, 11) is 3.44. The predicted molar refractivity (Wildman–Crippen MR) is 157 cm³/mol. The second kappa shape index (κ2) is 12.5. The average Bonchev–Trinajstić information content (AvgIpc) is 3.59. The van der Waals surface area contributed by atoms with E-state index in [2.05, 4.69) is 31.4 Å². The van der Waals surface area contributed by atoms with Gasteiger partial charge in [-0.2, -0.15) is 5.10 Å². The van der Waals surface area contributed by atoms with Crippen LogP contribution < -0.4 is 10.1 Å². The molecule has 1 aromatic heterocycles. The van der Waals surface area contributed by atoms with Gasteiger partial charge in [-0.25, -0.2) is 5.01 Å². The summed E-state index contributed by atoms with van der Waals surface area (Å²) in [6.07, 6.45) is 0.597. The minimum Gasteiger partial charge on any atom is -0.497 e. The fourth-order valence-electron chi connectivity index (χ4n) is 4.31. The van der Waals surface area contributed by atoms with Crippen LogP contribution in [0.2, 0.25) is 0 Å². The number of carbonyl (C=O) groups excluding carboxylic acids is 2. The van der Waals surface area contributed by atoms with Crippen LogP contribution in [-0.2, 0) is 18.4 Å². The second-order valence-corrected chi connectivity index (χ2v) is 10.9. The standard InChI is InChI=1S/C29H27BrN6O3S/c1-35-26(17-31-28(38)21-6-4-3-5-7-21)32-33-29(35)40-18-27(37)36-25(20-10-14-23(39-2)15-11-20)16-24(34-36)19-8-12-22(30)13-9-19/h3-15,25H,16-18H2,1-2H3,(H,31,38). The number of benzene rings is 3. The zero-order valence-electron chi connectivity index (χ0n) is 22.0. The first-order valence-corrected chi connectivity index (χ1v) is 14.3. The lowest BCUT2D eigenvalue weighted by Crippen LogP contribution is -2.28. The Morgan fingerprint density at radius 3 is 2.45 bits per heavy atom. The van der Waals surface area contributed by atoms with Gasteiger partial charge in [-0.15, -0.1) is 10.2 Å². The molecule has 40 heavy (non-hydrogen) atoms. The zero-order valence-corrected chi connectivity index (χ0v) is 24.4. The molecule has 9 nitrogen and oxygen atoms in total. The van der Waals surface area contributed by atoms with E-state index in [1.807, 2.05) is 73.8 Å². The molecule has 0 aliphatic carbocycles. The molecule has 0 saturated carbocycles. The van der Waals surface area contributed by atoms with Crippen molar-refractivity contribution in [3.05, 3.63) is 106 Å². The van der Waals surface area contributed by atoms with Crippen LogP contribution in [0.15, 0.2) is 93.6 Å². The number of thioether (sulfide) groups is 1. The fourth-order valence-corrected chi connectivity index (χ4v) is 5.36. The van der Waals surface area contributed by atoms with Gasteiger partial charge in [0.15, 0.2) is 11.0 Å². The van der Waals surface area contributed by atoms with Crippen LogP contribution in [0, 0.1) is 0 Å². The van der Waals surface area contributed by atoms with Gasteiger partial charge in [-0.3, -0.25) is 9.59 Å². The highest BCUT2D eigenvalue weighted by atomic mass is 79.9. The highest BCUT2D eigenvalue weighted by Gasteiger charge is 2.33. The third-order valence-corrected chi connectivity index (χ3v) is 8.07. The lowest BCUT2D eigenvalue weighted by molar-refractivity contribution is -0.130. The Morgan fingerprint density at radius 1 is 1.02 bits per heavy atom. The van der Waals surface area contributed by atoms with Crippen molar-refractivity contribution in [3.63, 3.8) is 0 Å². The molecule has 1 aliphatic rings. The Bertz CT molecular complexity index is 1520. The van der Waals surface area contributed by atoms with Crippen LogP contribution in [-0.4, -0.2) is 50.2 Å². The van der Waals surface area contributed by atoms with Gasteiger partial charge in [0.1, 0.15) is 5.75 Å². The number of carbonyl (C=O) groups is 2. The molecule has 4 aromatic rings. The largest absolute Gasteiger partial charge is 0.497 e. The van der Waals surface area contributed by atoms with Gasteiger partial charge < -0.3 is 14.6 Å². The molecule has 2 amide bonds. The first-order valence-electron chi connectivity index (χ1n) is 12.6. The van der Waals surface area contributed by atoms with E-state index in [0.717, 1.165) is 27.1 Å². The third kappa shape index (κ3) is 6.26. The minimum absolute atomic E-state index is 0.131. The first-order chi connectivity index (χ1) is 19.4. The summed E-state index contributed by atoms with van der Waals surface area (Å²) in [5.41, 5.74) is 3.37. The Morgan fingerprint density at radius 2 is 1.75 bits per heavy atom. The topological polar surface area (TPSA) is 102 Å². The van der Waals surface area contributed by atoms with Gasteiger partial charge in [-0.05, 0) is 47.5 Å². The number of hydrogen-bond donors (Lipinski definition) is 1. The number of nitrogens with one attached hydrogen (secondary N) is 1. The normalized spacial score (nSPS) is 14.6. The van der Waals surface area contributed by atoms with Crippen LogP contribution in [0.4, 0.5) is 0 Å². The smallest absolute Gasteiger partial charge is 0.253 e. The number of amides is 2. The molecule has 0 fully saturated rings.